The molecular formula is C26H30N2O4S. The highest BCUT2D eigenvalue weighted by molar-refractivity contribution is 7.09. The molecule has 0 bridgehead atoms. The minimum atomic E-state index is -0.404. The van der Waals surface area contributed by atoms with Crippen molar-refractivity contribution in [3.63, 3.8) is 0 Å². The largest absolute Gasteiger partial charge is 0.493 e. The highest BCUT2D eigenvalue weighted by atomic mass is 32.1. The zero-order valence-electron chi connectivity index (χ0n) is 19.0. The van der Waals surface area contributed by atoms with Crippen LogP contribution in [-0.2, 0) is 19.3 Å². The van der Waals surface area contributed by atoms with Crippen molar-refractivity contribution >= 4 is 17.2 Å². The van der Waals surface area contributed by atoms with E-state index in [1.54, 1.807) is 0 Å². The topological polar surface area (TPSA) is 81.4 Å². The first-order valence-electron chi connectivity index (χ1n) is 11.7. The van der Waals surface area contributed by atoms with E-state index in [1.807, 2.05) is 36.5 Å². The molecule has 1 aromatic carbocycles. The number of aromatic nitrogens is 2. The van der Waals surface area contributed by atoms with E-state index in [4.69, 9.17) is 4.74 Å². The van der Waals surface area contributed by atoms with Gasteiger partial charge in [0.05, 0.1) is 11.5 Å². The van der Waals surface area contributed by atoms with Gasteiger partial charge in [0.25, 0.3) is 0 Å². The standard InChI is InChI=1S/C26H30N2O4S/c1-2-18-8-11-21(27-17-18)14-15-32-22-12-9-19(10-13-22)16-23-25(30)28(26(31)33-23)24(29)20-6-4-3-5-7-20/h8-13,17,20,30H,2-7,14-16H2,1H3. The maximum atomic E-state index is 12.8. The molecule has 4 rings (SSSR count). The van der Waals surface area contributed by atoms with Crippen molar-refractivity contribution < 1.29 is 14.6 Å². The average molecular weight is 467 g/mol. The molecule has 0 aliphatic heterocycles. The van der Waals surface area contributed by atoms with Gasteiger partial charge in [0.2, 0.25) is 11.8 Å². The molecule has 1 saturated carbocycles. The first-order valence-corrected chi connectivity index (χ1v) is 12.5. The maximum Gasteiger partial charge on any atom is 0.317 e. The summed E-state index contributed by atoms with van der Waals surface area (Å²) in [6.45, 7) is 2.64. The fraction of sp³-hybridized carbons (Fsp3) is 0.423. The third-order valence-corrected chi connectivity index (χ3v) is 7.17. The summed E-state index contributed by atoms with van der Waals surface area (Å²) < 4.78 is 6.81. The lowest BCUT2D eigenvalue weighted by molar-refractivity contribution is 0.0788. The van der Waals surface area contributed by atoms with Crippen LogP contribution in [0.5, 0.6) is 11.6 Å². The lowest BCUT2D eigenvalue weighted by atomic mass is 9.88. The van der Waals surface area contributed by atoms with E-state index in [1.165, 1.54) is 5.56 Å². The maximum absolute atomic E-state index is 12.8. The van der Waals surface area contributed by atoms with Crippen LogP contribution in [0.25, 0.3) is 0 Å². The number of carbonyl (C=O) groups is 1. The highest BCUT2D eigenvalue weighted by Crippen LogP contribution is 2.29. The van der Waals surface area contributed by atoms with Crippen LogP contribution in [0.15, 0.2) is 47.4 Å². The van der Waals surface area contributed by atoms with E-state index in [9.17, 15) is 14.7 Å². The number of pyridine rings is 1. The van der Waals surface area contributed by atoms with Crippen LogP contribution in [0, 0.1) is 5.92 Å². The SMILES string of the molecule is CCc1ccc(CCOc2ccc(Cc3sc(=O)n(C(=O)C4CCCCC4)c3O)cc2)nc1. The number of thiazole rings is 1. The third kappa shape index (κ3) is 5.71. The van der Waals surface area contributed by atoms with Crippen LogP contribution >= 0.6 is 11.3 Å². The van der Waals surface area contributed by atoms with Crippen LogP contribution in [0.2, 0.25) is 0 Å². The molecule has 174 valence electrons. The number of aromatic hydroxyl groups is 1. The molecule has 1 aliphatic carbocycles. The number of nitrogens with zero attached hydrogens (tertiary/aromatic N) is 2. The van der Waals surface area contributed by atoms with Crippen molar-refractivity contribution in [3.8, 4) is 11.6 Å². The molecule has 0 amide bonds. The van der Waals surface area contributed by atoms with Gasteiger partial charge in [-0.2, -0.15) is 0 Å². The molecule has 0 saturated heterocycles. The third-order valence-electron chi connectivity index (χ3n) is 6.24. The Labute approximate surface area is 197 Å². The molecule has 0 spiro atoms. The summed E-state index contributed by atoms with van der Waals surface area (Å²) >= 11 is 0.945. The van der Waals surface area contributed by atoms with Crippen LogP contribution in [-0.4, -0.2) is 27.2 Å². The lowest BCUT2D eigenvalue weighted by Crippen LogP contribution is -2.29. The normalized spacial score (nSPS) is 14.3. The van der Waals surface area contributed by atoms with Crippen molar-refractivity contribution in [1.29, 1.82) is 0 Å². The average Bonchev–Trinajstić information content (AvgIpc) is 3.13. The van der Waals surface area contributed by atoms with Gasteiger partial charge in [-0.25, -0.2) is 4.57 Å². The van der Waals surface area contributed by atoms with Gasteiger partial charge in [0.1, 0.15) is 5.75 Å². The molecule has 0 unspecified atom stereocenters. The van der Waals surface area contributed by atoms with Crippen LogP contribution in [0.1, 0.15) is 65.5 Å². The predicted octanol–water partition coefficient (Wildman–Crippen LogP) is 5.01. The Bertz CT molecular complexity index is 1130. The quantitative estimate of drug-likeness (QED) is 0.505. The van der Waals surface area contributed by atoms with Gasteiger partial charge >= 0.3 is 4.87 Å². The van der Waals surface area contributed by atoms with E-state index in [-0.39, 0.29) is 17.7 Å². The van der Waals surface area contributed by atoms with E-state index in [0.29, 0.717) is 17.9 Å². The van der Waals surface area contributed by atoms with Crippen LogP contribution < -0.4 is 9.61 Å². The van der Waals surface area contributed by atoms with Crippen molar-refractivity contribution in [2.45, 2.75) is 58.3 Å². The lowest BCUT2D eigenvalue weighted by Gasteiger charge is -2.20. The molecular weight excluding hydrogens is 436 g/mol. The van der Waals surface area contributed by atoms with E-state index in [2.05, 4.69) is 18.0 Å². The summed E-state index contributed by atoms with van der Waals surface area (Å²) in [4.78, 5) is 29.8. The zero-order chi connectivity index (χ0) is 23.2. The van der Waals surface area contributed by atoms with Gasteiger partial charge < -0.3 is 9.84 Å². The number of rotatable bonds is 8. The summed E-state index contributed by atoms with van der Waals surface area (Å²) in [5, 5.41) is 10.6. The Morgan fingerprint density at radius 1 is 1.12 bits per heavy atom. The molecule has 7 heteroatoms. The number of hydrogen-bond acceptors (Lipinski definition) is 6. The van der Waals surface area contributed by atoms with Crippen molar-refractivity contribution in [1.82, 2.24) is 9.55 Å². The van der Waals surface area contributed by atoms with Crippen LogP contribution in [0.4, 0.5) is 0 Å². The number of hydrogen-bond donors (Lipinski definition) is 1. The van der Waals surface area contributed by atoms with E-state index in [0.717, 1.165) is 77.9 Å². The first-order chi connectivity index (χ1) is 16.0. The molecule has 1 aliphatic rings. The zero-order valence-corrected chi connectivity index (χ0v) is 19.8. The number of benzene rings is 1. The number of ether oxygens (including phenoxy) is 1. The molecule has 0 atom stereocenters. The summed E-state index contributed by atoms with van der Waals surface area (Å²) in [6.07, 6.45) is 8.71. The summed E-state index contributed by atoms with van der Waals surface area (Å²) in [7, 11) is 0. The second-order valence-electron chi connectivity index (χ2n) is 8.55. The molecule has 6 nitrogen and oxygen atoms in total. The second kappa shape index (κ2) is 10.8. The van der Waals surface area contributed by atoms with E-state index >= 15 is 0 Å². The Kier molecular flexibility index (Phi) is 7.60. The van der Waals surface area contributed by atoms with Crippen molar-refractivity contribution in [2.24, 2.45) is 5.92 Å². The minimum Gasteiger partial charge on any atom is -0.493 e. The molecule has 2 heterocycles. The Hall–Kier alpha value is -2.93. The fourth-order valence-electron chi connectivity index (χ4n) is 4.22. The van der Waals surface area contributed by atoms with Crippen LogP contribution in [0.3, 0.4) is 0 Å². The van der Waals surface area contributed by atoms with Gasteiger partial charge in [0.15, 0.2) is 0 Å². The van der Waals surface area contributed by atoms with Gasteiger partial charge in [0, 0.05) is 30.7 Å². The van der Waals surface area contributed by atoms with Gasteiger partial charge in [-0.3, -0.25) is 14.6 Å². The minimum absolute atomic E-state index is 0.166. The van der Waals surface area contributed by atoms with Crippen molar-refractivity contribution in [2.75, 3.05) is 6.61 Å². The summed E-state index contributed by atoms with van der Waals surface area (Å²) in [5.74, 6) is 0.122. The molecule has 3 aromatic rings. The molecule has 2 aromatic heterocycles. The fourth-order valence-corrected chi connectivity index (χ4v) is 5.12. The number of carbonyl (C=O) groups excluding carboxylic acids is 1. The van der Waals surface area contributed by atoms with Crippen molar-refractivity contribution in [3.05, 3.63) is 74.0 Å². The second-order valence-corrected chi connectivity index (χ2v) is 9.60. The molecule has 1 N–H and O–H groups in total. The monoisotopic (exact) mass is 466 g/mol. The Morgan fingerprint density at radius 3 is 2.52 bits per heavy atom. The summed E-state index contributed by atoms with van der Waals surface area (Å²) in [6, 6.07) is 11.7. The van der Waals surface area contributed by atoms with E-state index < -0.39 is 4.87 Å². The molecule has 0 radical (unpaired) electrons. The molecule has 33 heavy (non-hydrogen) atoms. The molecule has 1 fully saturated rings. The van der Waals surface area contributed by atoms with Gasteiger partial charge in [-0.15, -0.1) is 0 Å². The van der Waals surface area contributed by atoms with Gasteiger partial charge in [-0.1, -0.05) is 55.7 Å². The summed E-state index contributed by atoms with van der Waals surface area (Å²) in [5.41, 5.74) is 3.16. The smallest absolute Gasteiger partial charge is 0.317 e. The number of aryl methyl sites for hydroxylation is 1. The highest BCUT2D eigenvalue weighted by Gasteiger charge is 2.27. The Balaban J connectivity index is 1.34. The first kappa shape index (κ1) is 23.2. The predicted molar refractivity (Wildman–Crippen MR) is 130 cm³/mol. The Morgan fingerprint density at radius 2 is 1.85 bits per heavy atom. The van der Waals surface area contributed by atoms with Gasteiger partial charge in [-0.05, 0) is 48.6 Å².